The smallest absolute Gasteiger partial charge is 0.348 e. The minimum Gasteiger partial charge on any atom is -0.497 e. The van der Waals surface area contributed by atoms with Gasteiger partial charge in [-0.15, -0.1) is 0 Å². The van der Waals surface area contributed by atoms with Crippen LogP contribution in [0.4, 0.5) is 13.2 Å². The first-order valence-electron chi connectivity index (χ1n) is 10.5. The third-order valence-electron chi connectivity index (χ3n) is 5.07. The summed E-state index contributed by atoms with van der Waals surface area (Å²) in [6, 6.07) is 9.50. The lowest BCUT2D eigenvalue weighted by atomic mass is 9.90. The zero-order chi connectivity index (χ0) is 24.7. The van der Waals surface area contributed by atoms with Gasteiger partial charge in [0, 0.05) is 25.7 Å². The molecule has 1 aliphatic carbocycles. The molecule has 0 radical (unpaired) electrons. The van der Waals surface area contributed by atoms with Crippen LogP contribution < -0.4 is 9.47 Å². The first-order chi connectivity index (χ1) is 16.3. The van der Waals surface area contributed by atoms with Crippen LogP contribution in [0.5, 0.6) is 11.5 Å². The minimum absolute atomic E-state index is 0.0827. The number of carbonyl (C=O) groups is 2. The second-order valence-corrected chi connectivity index (χ2v) is 7.44. The second kappa shape index (κ2) is 11.0. The molecule has 180 valence electrons. The van der Waals surface area contributed by atoms with Crippen molar-refractivity contribution in [2.45, 2.75) is 31.8 Å². The molecule has 9 heteroatoms. The fourth-order valence-electron chi connectivity index (χ4n) is 3.15. The van der Waals surface area contributed by atoms with Crippen LogP contribution in [0.15, 0.2) is 65.9 Å². The number of esters is 2. The molecule has 0 saturated carbocycles. The molecular weight excluding hydrogens is 453 g/mol. The van der Waals surface area contributed by atoms with Crippen LogP contribution in [-0.4, -0.2) is 31.3 Å². The molecule has 1 unspecified atom stereocenters. The van der Waals surface area contributed by atoms with Gasteiger partial charge in [0.1, 0.15) is 17.3 Å². The number of para-hydroxylation sites is 1. The van der Waals surface area contributed by atoms with E-state index in [1.54, 1.807) is 30.3 Å². The number of rotatable bonds is 9. The van der Waals surface area contributed by atoms with E-state index in [1.807, 2.05) is 6.92 Å². The molecule has 6 nitrogen and oxygen atoms in total. The van der Waals surface area contributed by atoms with E-state index in [0.29, 0.717) is 24.3 Å². The topological polar surface area (TPSA) is 71.1 Å². The number of hydrogen-bond donors (Lipinski definition) is 0. The third-order valence-corrected chi connectivity index (χ3v) is 5.07. The number of carbonyl (C=O) groups excluding carboxylic acids is 2. The molecule has 0 aliphatic heterocycles. The average molecular weight is 476 g/mol. The van der Waals surface area contributed by atoms with Crippen molar-refractivity contribution >= 4 is 11.9 Å². The predicted octanol–water partition coefficient (Wildman–Crippen LogP) is 5.03. The van der Waals surface area contributed by atoms with Gasteiger partial charge >= 0.3 is 11.9 Å². The Balaban J connectivity index is 1.86. The Morgan fingerprint density at radius 2 is 1.68 bits per heavy atom. The first kappa shape index (κ1) is 25.0. The van der Waals surface area contributed by atoms with Gasteiger partial charge in [0.25, 0.3) is 0 Å². The number of unbranched alkanes of at least 4 members (excludes halogenated alkanes) is 1. The number of benzene rings is 2. The van der Waals surface area contributed by atoms with Crippen molar-refractivity contribution < 1.29 is 41.7 Å². The van der Waals surface area contributed by atoms with Gasteiger partial charge in [-0.05, 0) is 30.7 Å². The van der Waals surface area contributed by atoms with Crippen LogP contribution in [0.2, 0.25) is 0 Å². The number of methoxy groups -OCH3 is 1. The van der Waals surface area contributed by atoms with Crippen molar-refractivity contribution in [1.29, 1.82) is 0 Å². The highest BCUT2D eigenvalue weighted by molar-refractivity contribution is 5.96. The van der Waals surface area contributed by atoms with Crippen LogP contribution >= 0.6 is 0 Å². The highest BCUT2D eigenvalue weighted by Crippen LogP contribution is 2.34. The van der Waals surface area contributed by atoms with Gasteiger partial charge in [0.2, 0.25) is 0 Å². The molecule has 0 spiro atoms. The first-order valence-corrected chi connectivity index (χ1v) is 10.5. The van der Waals surface area contributed by atoms with Crippen molar-refractivity contribution in [3.63, 3.8) is 0 Å². The predicted molar refractivity (Wildman–Crippen MR) is 115 cm³/mol. The molecule has 2 aromatic carbocycles. The fraction of sp³-hybridized carbons (Fsp3) is 0.280. The highest BCUT2D eigenvalue weighted by atomic mass is 19.2. The molecule has 1 atom stereocenters. The standard InChI is InChI=1S/C25H23F3O6/c1-3-4-12-32-21-15-25(31-2,24(30)34-17-13-19(26)22(28)20(27)14-17)11-10-18(21)23(29)33-16-8-6-5-7-9-16/h5-11,13-14H,3-4,12,15H2,1-2H3. The third kappa shape index (κ3) is 5.66. The fourth-order valence-corrected chi connectivity index (χ4v) is 3.15. The molecule has 1 aliphatic rings. The molecule has 0 amide bonds. The summed E-state index contributed by atoms with van der Waals surface area (Å²) in [5.41, 5.74) is -1.68. The summed E-state index contributed by atoms with van der Waals surface area (Å²) < 4.78 is 61.9. The van der Waals surface area contributed by atoms with Gasteiger partial charge in [-0.3, -0.25) is 0 Å². The molecule has 0 saturated heterocycles. The summed E-state index contributed by atoms with van der Waals surface area (Å²) >= 11 is 0. The SMILES string of the molecule is CCCCOC1=C(C(=O)Oc2ccccc2)C=CC(OC)(C(=O)Oc2cc(F)c(F)c(F)c2)C1. The van der Waals surface area contributed by atoms with E-state index in [1.165, 1.54) is 19.3 Å². The maximum atomic E-state index is 13.5. The van der Waals surface area contributed by atoms with Crippen molar-refractivity contribution in [3.8, 4) is 11.5 Å². The van der Waals surface area contributed by atoms with Gasteiger partial charge in [-0.1, -0.05) is 31.5 Å². The maximum absolute atomic E-state index is 13.5. The van der Waals surface area contributed by atoms with Crippen LogP contribution in [0.1, 0.15) is 26.2 Å². The van der Waals surface area contributed by atoms with E-state index in [9.17, 15) is 22.8 Å². The Morgan fingerprint density at radius 1 is 1.00 bits per heavy atom. The van der Waals surface area contributed by atoms with Gasteiger partial charge in [0.05, 0.1) is 12.2 Å². The summed E-state index contributed by atoms with van der Waals surface area (Å²) in [7, 11) is 1.23. The molecule has 0 aromatic heterocycles. The van der Waals surface area contributed by atoms with E-state index >= 15 is 0 Å². The Morgan fingerprint density at radius 3 is 2.29 bits per heavy atom. The van der Waals surface area contributed by atoms with Crippen molar-refractivity contribution in [2.75, 3.05) is 13.7 Å². The number of halogens is 3. The summed E-state index contributed by atoms with van der Waals surface area (Å²) in [6.45, 7) is 2.23. The average Bonchev–Trinajstić information content (AvgIpc) is 2.83. The summed E-state index contributed by atoms with van der Waals surface area (Å²) in [5, 5.41) is 0. The Hall–Kier alpha value is -3.59. The second-order valence-electron chi connectivity index (χ2n) is 7.44. The number of ether oxygens (including phenoxy) is 4. The monoisotopic (exact) mass is 476 g/mol. The largest absolute Gasteiger partial charge is 0.497 e. The van der Waals surface area contributed by atoms with Crippen molar-refractivity contribution in [2.24, 2.45) is 0 Å². The summed E-state index contributed by atoms with van der Waals surface area (Å²) in [6.07, 6.45) is 3.86. The zero-order valence-corrected chi connectivity index (χ0v) is 18.6. The van der Waals surface area contributed by atoms with E-state index in [-0.39, 0.29) is 24.4 Å². The molecule has 34 heavy (non-hydrogen) atoms. The van der Waals surface area contributed by atoms with Crippen LogP contribution in [0, 0.1) is 17.5 Å². The Labute approximate surface area is 194 Å². The Bertz CT molecular complexity index is 1090. The molecule has 2 aromatic rings. The maximum Gasteiger partial charge on any atom is 0.348 e. The minimum atomic E-state index is -1.76. The summed E-state index contributed by atoms with van der Waals surface area (Å²) in [4.78, 5) is 25.7. The van der Waals surface area contributed by atoms with Crippen LogP contribution in [-0.2, 0) is 19.1 Å². The highest BCUT2D eigenvalue weighted by Gasteiger charge is 2.43. The van der Waals surface area contributed by atoms with E-state index < -0.39 is 40.7 Å². The molecular formula is C25H23F3O6. The van der Waals surface area contributed by atoms with Gasteiger partial charge in [0.15, 0.2) is 23.1 Å². The normalized spacial score (nSPS) is 17.4. The van der Waals surface area contributed by atoms with E-state index in [0.717, 1.165) is 6.42 Å². The summed E-state index contributed by atoms with van der Waals surface area (Å²) in [5.74, 6) is -6.53. The van der Waals surface area contributed by atoms with Crippen molar-refractivity contribution in [3.05, 3.63) is 83.4 Å². The molecule has 3 rings (SSSR count). The lowest BCUT2D eigenvalue weighted by molar-refractivity contribution is -0.154. The quantitative estimate of drug-likeness (QED) is 0.219. The van der Waals surface area contributed by atoms with Crippen LogP contribution in [0.25, 0.3) is 0 Å². The van der Waals surface area contributed by atoms with Gasteiger partial charge in [-0.2, -0.15) is 0 Å². The lowest BCUT2D eigenvalue weighted by Gasteiger charge is -2.31. The molecule has 0 heterocycles. The van der Waals surface area contributed by atoms with Gasteiger partial charge in [-0.25, -0.2) is 22.8 Å². The Kier molecular flexibility index (Phi) is 8.12. The van der Waals surface area contributed by atoms with Crippen molar-refractivity contribution in [1.82, 2.24) is 0 Å². The van der Waals surface area contributed by atoms with Gasteiger partial charge < -0.3 is 18.9 Å². The lowest BCUT2D eigenvalue weighted by Crippen LogP contribution is -2.44. The molecule has 0 fully saturated rings. The van der Waals surface area contributed by atoms with Crippen LogP contribution in [0.3, 0.4) is 0 Å². The van der Waals surface area contributed by atoms with E-state index in [2.05, 4.69) is 0 Å². The number of hydrogen-bond acceptors (Lipinski definition) is 6. The molecule has 0 bridgehead atoms. The molecule has 0 N–H and O–H groups in total. The van der Waals surface area contributed by atoms with E-state index in [4.69, 9.17) is 18.9 Å². The zero-order valence-electron chi connectivity index (χ0n) is 18.6.